The molecular weight excluding hydrogens is 404 g/mol. The number of benzene rings is 2. The molecule has 0 aromatic heterocycles. The molecule has 166 valence electrons. The summed E-state index contributed by atoms with van der Waals surface area (Å²) in [7, 11) is 0. The smallest absolute Gasteiger partial charge is 0.237 e. The lowest BCUT2D eigenvalue weighted by molar-refractivity contribution is -0.134. The standard InChI is InChI=1S/C25H28N4O3/c26-14-17-2-1-3-18(12-17)19-4-5-22-21(13-19)25-20(23(16-30)27-22)6-7-29(25)24(31)15-28-8-10-32-11-9-28/h1-5,12-13,20,23,25,27,30H,6-11,15-16H2/t20-,23-,25-/m1/s1. The number of fused-ring (bicyclic) bond motifs is 3. The van der Waals surface area contributed by atoms with E-state index in [1.165, 1.54) is 0 Å². The fourth-order valence-electron chi connectivity index (χ4n) is 5.33. The number of anilines is 1. The molecule has 32 heavy (non-hydrogen) atoms. The van der Waals surface area contributed by atoms with Gasteiger partial charge in [-0.3, -0.25) is 9.69 Å². The van der Waals surface area contributed by atoms with Gasteiger partial charge < -0.3 is 20.1 Å². The van der Waals surface area contributed by atoms with E-state index in [1.807, 2.05) is 35.2 Å². The molecule has 2 saturated heterocycles. The molecule has 7 nitrogen and oxygen atoms in total. The van der Waals surface area contributed by atoms with Crippen LogP contribution in [0.1, 0.15) is 23.6 Å². The van der Waals surface area contributed by atoms with Crippen LogP contribution in [0.2, 0.25) is 0 Å². The Morgan fingerprint density at radius 2 is 1.97 bits per heavy atom. The van der Waals surface area contributed by atoms with Gasteiger partial charge in [-0.2, -0.15) is 5.26 Å². The number of nitrogens with one attached hydrogen (secondary N) is 1. The van der Waals surface area contributed by atoms with Gasteiger partial charge in [-0.05, 0) is 47.4 Å². The van der Waals surface area contributed by atoms with Gasteiger partial charge >= 0.3 is 0 Å². The number of nitriles is 1. The van der Waals surface area contributed by atoms with Crippen molar-refractivity contribution in [3.8, 4) is 17.2 Å². The second kappa shape index (κ2) is 8.91. The van der Waals surface area contributed by atoms with Crippen molar-refractivity contribution in [1.29, 1.82) is 5.26 Å². The highest BCUT2D eigenvalue weighted by Crippen LogP contribution is 2.47. The molecule has 0 radical (unpaired) electrons. The minimum Gasteiger partial charge on any atom is -0.394 e. The second-order valence-electron chi connectivity index (χ2n) is 8.80. The Hall–Kier alpha value is -2.92. The number of carbonyl (C=O) groups is 1. The molecule has 3 aliphatic rings. The van der Waals surface area contributed by atoms with E-state index >= 15 is 0 Å². The van der Waals surface area contributed by atoms with Crippen molar-refractivity contribution in [2.24, 2.45) is 5.92 Å². The monoisotopic (exact) mass is 432 g/mol. The van der Waals surface area contributed by atoms with Gasteiger partial charge in [0, 0.05) is 31.2 Å². The predicted molar refractivity (Wildman–Crippen MR) is 121 cm³/mol. The van der Waals surface area contributed by atoms with Crippen LogP contribution in [-0.4, -0.2) is 72.9 Å². The number of aliphatic hydroxyl groups excluding tert-OH is 1. The summed E-state index contributed by atoms with van der Waals surface area (Å²) in [5.41, 5.74) is 4.69. The molecule has 0 spiro atoms. The largest absolute Gasteiger partial charge is 0.394 e. The molecule has 3 atom stereocenters. The number of hydrogen-bond donors (Lipinski definition) is 2. The second-order valence-corrected chi connectivity index (χ2v) is 8.80. The number of morpholine rings is 1. The summed E-state index contributed by atoms with van der Waals surface area (Å²) in [4.78, 5) is 17.5. The zero-order valence-electron chi connectivity index (χ0n) is 18.0. The lowest BCUT2D eigenvalue weighted by Gasteiger charge is -2.40. The zero-order chi connectivity index (χ0) is 22.1. The summed E-state index contributed by atoms with van der Waals surface area (Å²) < 4.78 is 5.42. The third-order valence-corrected chi connectivity index (χ3v) is 6.98. The lowest BCUT2D eigenvalue weighted by atomic mass is 9.82. The van der Waals surface area contributed by atoms with Gasteiger partial charge in [0.05, 0.1) is 50.1 Å². The van der Waals surface area contributed by atoms with E-state index in [0.717, 1.165) is 41.9 Å². The zero-order valence-corrected chi connectivity index (χ0v) is 18.0. The van der Waals surface area contributed by atoms with Gasteiger partial charge in [-0.25, -0.2) is 0 Å². The first-order valence-corrected chi connectivity index (χ1v) is 11.3. The van der Waals surface area contributed by atoms with Gasteiger partial charge in [-0.15, -0.1) is 0 Å². The first-order chi connectivity index (χ1) is 15.7. The van der Waals surface area contributed by atoms with Crippen molar-refractivity contribution in [3.05, 3.63) is 53.6 Å². The van der Waals surface area contributed by atoms with Crippen molar-refractivity contribution in [2.75, 3.05) is 51.3 Å². The van der Waals surface area contributed by atoms with E-state index in [0.29, 0.717) is 31.9 Å². The molecule has 0 aliphatic carbocycles. The number of ether oxygens (including phenoxy) is 1. The van der Waals surface area contributed by atoms with E-state index in [4.69, 9.17) is 4.74 Å². The number of aliphatic hydroxyl groups is 1. The molecule has 1 amide bonds. The van der Waals surface area contributed by atoms with Crippen molar-refractivity contribution >= 4 is 11.6 Å². The Kier molecular flexibility index (Phi) is 5.83. The van der Waals surface area contributed by atoms with Crippen LogP contribution in [0.4, 0.5) is 5.69 Å². The van der Waals surface area contributed by atoms with Crippen LogP contribution < -0.4 is 5.32 Å². The molecule has 3 aliphatic heterocycles. The Balaban J connectivity index is 1.48. The molecule has 2 aromatic rings. The number of likely N-dealkylation sites (tertiary alicyclic amines) is 1. The number of nitrogens with zero attached hydrogens (tertiary/aromatic N) is 3. The summed E-state index contributed by atoms with van der Waals surface area (Å²) in [5.74, 6) is 0.308. The fraction of sp³-hybridized carbons (Fsp3) is 0.440. The van der Waals surface area contributed by atoms with Crippen LogP contribution in [0, 0.1) is 17.2 Å². The Labute approximate surface area is 188 Å². The molecule has 2 aromatic carbocycles. The van der Waals surface area contributed by atoms with E-state index in [9.17, 15) is 15.2 Å². The number of carbonyl (C=O) groups excluding carboxylic acids is 1. The van der Waals surface area contributed by atoms with E-state index in [2.05, 4.69) is 22.4 Å². The highest BCUT2D eigenvalue weighted by atomic mass is 16.5. The first-order valence-electron chi connectivity index (χ1n) is 11.3. The molecule has 3 heterocycles. The first kappa shape index (κ1) is 21.0. The number of amides is 1. The summed E-state index contributed by atoms with van der Waals surface area (Å²) >= 11 is 0. The highest BCUT2D eigenvalue weighted by Gasteiger charge is 2.45. The minimum absolute atomic E-state index is 0.0397. The third-order valence-electron chi connectivity index (χ3n) is 6.98. The number of hydrogen-bond acceptors (Lipinski definition) is 6. The minimum atomic E-state index is -0.0681. The van der Waals surface area contributed by atoms with E-state index in [1.54, 1.807) is 6.07 Å². The SMILES string of the molecule is N#Cc1cccc(-c2ccc3c(c2)[C@H]2[C@H](CCN2C(=O)CN2CCOCC2)[C@@H](CO)N3)c1. The van der Waals surface area contributed by atoms with Gasteiger partial charge in [0.2, 0.25) is 5.91 Å². The van der Waals surface area contributed by atoms with E-state index < -0.39 is 0 Å². The summed E-state index contributed by atoms with van der Waals surface area (Å²) in [6.45, 7) is 4.05. The predicted octanol–water partition coefficient (Wildman–Crippen LogP) is 2.23. The Morgan fingerprint density at radius 3 is 2.75 bits per heavy atom. The lowest BCUT2D eigenvalue weighted by Crippen LogP contribution is -2.47. The molecule has 2 N–H and O–H groups in total. The van der Waals surface area contributed by atoms with Crippen LogP contribution >= 0.6 is 0 Å². The molecule has 7 heteroatoms. The highest BCUT2D eigenvalue weighted by molar-refractivity contribution is 5.80. The van der Waals surface area contributed by atoms with E-state index in [-0.39, 0.29) is 30.5 Å². The topological polar surface area (TPSA) is 88.8 Å². The summed E-state index contributed by atoms with van der Waals surface area (Å²) in [6, 6.07) is 15.9. The average Bonchev–Trinajstić information content (AvgIpc) is 3.30. The summed E-state index contributed by atoms with van der Waals surface area (Å²) in [5, 5.41) is 22.8. The molecular formula is C25H28N4O3. The summed E-state index contributed by atoms with van der Waals surface area (Å²) in [6.07, 6.45) is 0.866. The molecule has 5 rings (SSSR count). The maximum atomic E-state index is 13.3. The maximum absolute atomic E-state index is 13.3. The van der Waals surface area contributed by atoms with Gasteiger partial charge in [0.1, 0.15) is 0 Å². The Morgan fingerprint density at radius 1 is 1.16 bits per heavy atom. The van der Waals surface area contributed by atoms with Crippen LogP contribution in [0.25, 0.3) is 11.1 Å². The van der Waals surface area contributed by atoms with Crippen LogP contribution in [-0.2, 0) is 9.53 Å². The number of rotatable bonds is 4. The molecule has 0 unspecified atom stereocenters. The van der Waals surface area contributed by atoms with Gasteiger partial charge in [0.15, 0.2) is 0 Å². The van der Waals surface area contributed by atoms with Crippen LogP contribution in [0.5, 0.6) is 0 Å². The van der Waals surface area contributed by atoms with Crippen molar-refractivity contribution < 1.29 is 14.6 Å². The third kappa shape index (κ3) is 3.86. The average molecular weight is 433 g/mol. The fourth-order valence-corrected chi connectivity index (χ4v) is 5.33. The van der Waals surface area contributed by atoms with Gasteiger partial charge in [0.25, 0.3) is 0 Å². The Bertz CT molecular complexity index is 1040. The van der Waals surface area contributed by atoms with Crippen molar-refractivity contribution in [3.63, 3.8) is 0 Å². The van der Waals surface area contributed by atoms with Crippen molar-refractivity contribution in [2.45, 2.75) is 18.5 Å². The van der Waals surface area contributed by atoms with Crippen LogP contribution in [0.15, 0.2) is 42.5 Å². The van der Waals surface area contributed by atoms with Crippen molar-refractivity contribution in [1.82, 2.24) is 9.80 Å². The molecule has 0 saturated carbocycles. The van der Waals surface area contributed by atoms with Gasteiger partial charge in [-0.1, -0.05) is 18.2 Å². The molecule has 2 fully saturated rings. The normalized spacial score (nSPS) is 24.9. The van der Waals surface area contributed by atoms with Crippen LogP contribution in [0.3, 0.4) is 0 Å². The maximum Gasteiger partial charge on any atom is 0.237 e. The quantitative estimate of drug-likeness (QED) is 0.770. The molecule has 0 bridgehead atoms.